The molecule has 0 aliphatic heterocycles. The number of halogens is 1. The second kappa shape index (κ2) is 7.54. The Morgan fingerprint density at radius 2 is 2.04 bits per heavy atom. The van der Waals surface area contributed by atoms with E-state index in [0.29, 0.717) is 12.8 Å². The molecule has 0 aromatic heterocycles. The summed E-state index contributed by atoms with van der Waals surface area (Å²) >= 11 is 5.79. The van der Waals surface area contributed by atoms with Crippen molar-refractivity contribution in [3.8, 4) is 11.8 Å². The third kappa shape index (κ3) is 4.18. The second-order valence-electron chi connectivity index (χ2n) is 5.95. The van der Waals surface area contributed by atoms with Gasteiger partial charge in [0.1, 0.15) is 16.9 Å². The molecule has 0 radical (unpaired) electrons. The van der Waals surface area contributed by atoms with Crippen LogP contribution in [0.25, 0.3) is 0 Å². The highest BCUT2D eigenvalue weighted by Crippen LogP contribution is 2.28. The quantitative estimate of drug-likeness (QED) is 0.813. The normalized spacial score (nSPS) is 17.4. The highest BCUT2D eigenvalue weighted by Gasteiger charge is 2.35. The third-order valence-corrected chi connectivity index (χ3v) is 4.35. The van der Waals surface area contributed by atoms with Crippen LogP contribution in [0, 0.1) is 11.3 Å². The lowest BCUT2D eigenvalue weighted by molar-refractivity contribution is -0.130. The van der Waals surface area contributed by atoms with Gasteiger partial charge in [-0.3, -0.25) is 4.79 Å². The van der Waals surface area contributed by atoms with Gasteiger partial charge < -0.3 is 15.2 Å². The standard InChI is InChI=1S/C17H19ClN2O4/c1-11(15(22)20-17(10-19)7-3-2-4-8-17)24-16(23)13-9-12(18)5-6-14(13)21/h5-6,9,11,21H,2-4,7-8H2,1H3,(H,20,22)/t11-/m0/s1. The highest BCUT2D eigenvalue weighted by molar-refractivity contribution is 6.31. The molecule has 1 amide bonds. The molecule has 6 nitrogen and oxygen atoms in total. The van der Waals surface area contributed by atoms with Crippen LogP contribution in [0.5, 0.6) is 5.75 Å². The van der Waals surface area contributed by atoms with Crippen LogP contribution < -0.4 is 5.32 Å². The molecular formula is C17H19ClN2O4. The Hall–Kier alpha value is -2.26. The van der Waals surface area contributed by atoms with Crippen molar-refractivity contribution in [1.29, 1.82) is 5.26 Å². The third-order valence-electron chi connectivity index (χ3n) is 4.12. The van der Waals surface area contributed by atoms with Gasteiger partial charge >= 0.3 is 5.97 Å². The van der Waals surface area contributed by atoms with Crippen LogP contribution in [-0.2, 0) is 9.53 Å². The number of nitrogens with one attached hydrogen (secondary N) is 1. The smallest absolute Gasteiger partial charge is 0.342 e. The number of aromatic hydroxyl groups is 1. The van der Waals surface area contributed by atoms with Crippen LogP contribution in [-0.4, -0.2) is 28.6 Å². The lowest BCUT2D eigenvalue weighted by Crippen LogP contribution is -2.52. The van der Waals surface area contributed by atoms with Crippen LogP contribution in [0.3, 0.4) is 0 Å². The summed E-state index contributed by atoms with van der Waals surface area (Å²) in [6.07, 6.45) is 2.87. The minimum atomic E-state index is -1.09. The highest BCUT2D eigenvalue weighted by atomic mass is 35.5. The molecule has 1 aliphatic carbocycles. The number of ether oxygens (including phenoxy) is 1. The van der Waals surface area contributed by atoms with Gasteiger partial charge in [-0.25, -0.2) is 4.79 Å². The SMILES string of the molecule is C[C@H](OC(=O)c1cc(Cl)ccc1O)C(=O)NC1(C#N)CCCCC1. The molecule has 0 saturated heterocycles. The van der Waals surface area contributed by atoms with Crippen molar-refractivity contribution in [2.75, 3.05) is 0 Å². The van der Waals surface area contributed by atoms with E-state index in [1.165, 1.54) is 25.1 Å². The molecule has 2 rings (SSSR count). The van der Waals surface area contributed by atoms with E-state index in [-0.39, 0.29) is 16.3 Å². The first kappa shape index (κ1) is 18.1. The fraction of sp³-hybridized carbons (Fsp3) is 0.471. The molecule has 0 unspecified atom stereocenters. The van der Waals surface area contributed by atoms with Gasteiger partial charge in [-0.15, -0.1) is 0 Å². The number of amides is 1. The van der Waals surface area contributed by atoms with Crippen molar-refractivity contribution in [1.82, 2.24) is 5.32 Å². The molecule has 1 aromatic rings. The van der Waals surface area contributed by atoms with Gasteiger partial charge in [0.25, 0.3) is 5.91 Å². The predicted octanol–water partition coefficient (Wildman–Crippen LogP) is 2.93. The Kier molecular flexibility index (Phi) is 5.68. The molecule has 0 heterocycles. The van der Waals surface area contributed by atoms with Gasteiger partial charge in [0, 0.05) is 5.02 Å². The number of carbonyl (C=O) groups excluding carboxylic acids is 2. The van der Waals surface area contributed by atoms with Crippen molar-refractivity contribution in [2.45, 2.75) is 50.7 Å². The fourth-order valence-corrected chi connectivity index (χ4v) is 2.88. The van der Waals surface area contributed by atoms with Gasteiger partial charge in [0.15, 0.2) is 6.10 Å². The van der Waals surface area contributed by atoms with Gasteiger partial charge in [-0.2, -0.15) is 5.26 Å². The summed E-state index contributed by atoms with van der Waals surface area (Å²) < 4.78 is 5.09. The molecule has 0 spiro atoms. The number of hydrogen-bond donors (Lipinski definition) is 2. The second-order valence-corrected chi connectivity index (χ2v) is 6.39. The van der Waals surface area contributed by atoms with Crippen molar-refractivity contribution in [3.63, 3.8) is 0 Å². The van der Waals surface area contributed by atoms with E-state index >= 15 is 0 Å². The Labute approximate surface area is 145 Å². The molecule has 1 aromatic carbocycles. The molecule has 7 heteroatoms. The first-order valence-electron chi connectivity index (χ1n) is 7.80. The number of nitriles is 1. The summed E-state index contributed by atoms with van der Waals surface area (Å²) in [6.45, 7) is 1.42. The topological polar surface area (TPSA) is 99.4 Å². The summed E-state index contributed by atoms with van der Waals surface area (Å²) in [5.41, 5.74) is -1.01. The van der Waals surface area contributed by atoms with Crippen LogP contribution in [0.1, 0.15) is 49.4 Å². The van der Waals surface area contributed by atoms with E-state index in [1.807, 2.05) is 0 Å². The lowest BCUT2D eigenvalue weighted by Gasteiger charge is -2.32. The summed E-state index contributed by atoms with van der Waals surface area (Å²) in [6, 6.07) is 6.15. The lowest BCUT2D eigenvalue weighted by atomic mass is 9.83. The van der Waals surface area contributed by atoms with E-state index in [9.17, 15) is 20.0 Å². The minimum Gasteiger partial charge on any atom is -0.507 e. The molecule has 24 heavy (non-hydrogen) atoms. The van der Waals surface area contributed by atoms with Crippen molar-refractivity contribution >= 4 is 23.5 Å². The van der Waals surface area contributed by atoms with Gasteiger partial charge in [-0.1, -0.05) is 30.9 Å². The first-order valence-corrected chi connectivity index (χ1v) is 8.17. The van der Waals surface area contributed by atoms with Gasteiger partial charge in [0.2, 0.25) is 0 Å². The number of esters is 1. The van der Waals surface area contributed by atoms with Crippen LogP contribution >= 0.6 is 11.6 Å². The number of rotatable bonds is 4. The van der Waals surface area contributed by atoms with Crippen molar-refractivity contribution < 1.29 is 19.4 Å². The van der Waals surface area contributed by atoms with Crippen molar-refractivity contribution in [3.05, 3.63) is 28.8 Å². The summed E-state index contributed by atoms with van der Waals surface area (Å²) in [5.74, 6) is -1.67. The first-order chi connectivity index (χ1) is 11.4. The molecule has 1 aliphatic rings. The average molecular weight is 351 g/mol. The maximum atomic E-state index is 12.3. The number of nitrogens with zero attached hydrogens (tertiary/aromatic N) is 1. The molecule has 1 atom stereocenters. The Morgan fingerprint density at radius 3 is 2.67 bits per heavy atom. The molecule has 128 valence electrons. The number of hydrogen-bond acceptors (Lipinski definition) is 5. The maximum absolute atomic E-state index is 12.3. The summed E-state index contributed by atoms with van der Waals surface area (Å²) in [7, 11) is 0. The Balaban J connectivity index is 2.02. The van der Waals surface area contributed by atoms with E-state index < -0.39 is 23.5 Å². The Bertz CT molecular complexity index is 678. The van der Waals surface area contributed by atoms with E-state index in [0.717, 1.165) is 19.3 Å². The van der Waals surface area contributed by atoms with Crippen LogP contribution in [0.15, 0.2) is 18.2 Å². The number of phenols is 1. The molecule has 0 bridgehead atoms. The van der Waals surface area contributed by atoms with Crippen molar-refractivity contribution in [2.24, 2.45) is 0 Å². The molecule has 1 fully saturated rings. The predicted molar refractivity (Wildman–Crippen MR) is 87.6 cm³/mol. The van der Waals surface area contributed by atoms with Gasteiger partial charge in [-0.05, 0) is 38.0 Å². The van der Waals surface area contributed by atoms with Crippen LogP contribution in [0.2, 0.25) is 5.02 Å². The molecule has 1 saturated carbocycles. The largest absolute Gasteiger partial charge is 0.507 e. The van der Waals surface area contributed by atoms with E-state index in [4.69, 9.17) is 16.3 Å². The Morgan fingerprint density at radius 1 is 1.38 bits per heavy atom. The minimum absolute atomic E-state index is 0.116. The number of carbonyl (C=O) groups is 2. The number of benzene rings is 1. The fourth-order valence-electron chi connectivity index (χ4n) is 2.71. The van der Waals surface area contributed by atoms with Crippen LogP contribution in [0.4, 0.5) is 0 Å². The van der Waals surface area contributed by atoms with E-state index in [2.05, 4.69) is 11.4 Å². The van der Waals surface area contributed by atoms with E-state index in [1.54, 1.807) is 0 Å². The zero-order chi connectivity index (χ0) is 17.7. The monoisotopic (exact) mass is 350 g/mol. The summed E-state index contributed by atoms with van der Waals surface area (Å²) in [5, 5.41) is 22.0. The summed E-state index contributed by atoms with van der Waals surface area (Å²) in [4.78, 5) is 24.4. The average Bonchev–Trinajstić information content (AvgIpc) is 2.57. The molecule has 2 N–H and O–H groups in total. The zero-order valence-electron chi connectivity index (χ0n) is 13.3. The zero-order valence-corrected chi connectivity index (χ0v) is 14.1. The molecular weight excluding hydrogens is 332 g/mol. The number of phenolic OH excluding ortho intramolecular Hbond substituents is 1. The maximum Gasteiger partial charge on any atom is 0.342 e. The van der Waals surface area contributed by atoms with Gasteiger partial charge in [0.05, 0.1) is 6.07 Å².